The van der Waals surface area contributed by atoms with E-state index in [1.807, 2.05) is 24.3 Å². The van der Waals surface area contributed by atoms with Crippen LogP contribution in [0, 0.1) is 5.82 Å². The molecular formula is C15H10Br2FN3. The van der Waals surface area contributed by atoms with Crippen LogP contribution in [-0.4, -0.2) is 4.98 Å². The first-order valence-electron chi connectivity index (χ1n) is 6.11. The molecule has 0 bridgehead atoms. The lowest BCUT2D eigenvalue weighted by atomic mass is 10.1. The number of rotatable bonds is 2. The van der Waals surface area contributed by atoms with E-state index in [1.54, 1.807) is 12.3 Å². The van der Waals surface area contributed by atoms with Gasteiger partial charge in [-0.05, 0) is 62.2 Å². The van der Waals surface area contributed by atoms with Crippen LogP contribution in [0.4, 0.5) is 21.5 Å². The Labute approximate surface area is 137 Å². The molecule has 0 saturated carbocycles. The van der Waals surface area contributed by atoms with Crippen molar-refractivity contribution in [1.29, 1.82) is 0 Å². The van der Waals surface area contributed by atoms with Crippen molar-refractivity contribution < 1.29 is 4.39 Å². The first kappa shape index (κ1) is 14.3. The average Bonchev–Trinajstić information content (AvgIpc) is 2.46. The van der Waals surface area contributed by atoms with Crippen molar-refractivity contribution in [1.82, 2.24) is 4.98 Å². The zero-order chi connectivity index (χ0) is 15.0. The number of nitrogen functional groups attached to an aromatic ring is 1. The molecule has 3 nitrogen and oxygen atoms in total. The minimum Gasteiger partial charge on any atom is -0.398 e. The summed E-state index contributed by atoms with van der Waals surface area (Å²) in [6.07, 6.45) is 1.61. The number of nitrogens with one attached hydrogen (secondary N) is 1. The molecule has 3 aromatic rings. The number of aromatic nitrogens is 1. The number of fused-ring (bicyclic) bond motifs is 1. The lowest BCUT2D eigenvalue weighted by Crippen LogP contribution is -2.00. The molecule has 106 valence electrons. The summed E-state index contributed by atoms with van der Waals surface area (Å²) in [5, 5.41) is 3.80. The number of nitrogens with two attached hydrogens (primary N) is 1. The first-order valence-corrected chi connectivity index (χ1v) is 7.70. The molecule has 3 N–H and O–H groups in total. The largest absolute Gasteiger partial charge is 0.398 e. The Kier molecular flexibility index (Phi) is 3.82. The van der Waals surface area contributed by atoms with E-state index in [1.165, 1.54) is 6.07 Å². The molecule has 3 rings (SSSR count). The SMILES string of the molecule is Nc1cc(F)c(Nc2c(Br)cccc2Br)c2ncccc12. The summed E-state index contributed by atoms with van der Waals surface area (Å²) in [5.41, 5.74) is 7.75. The van der Waals surface area contributed by atoms with Gasteiger partial charge in [0.05, 0.1) is 11.2 Å². The summed E-state index contributed by atoms with van der Waals surface area (Å²) in [6, 6.07) is 10.5. The van der Waals surface area contributed by atoms with Crippen LogP contribution < -0.4 is 11.1 Å². The van der Waals surface area contributed by atoms with Gasteiger partial charge in [-0.15, -0.1) is 0 Å². The maximum atomic E-state index is 14.3. The first-order chi connectivity index (χ1) is 10.1. The molecule has 0 saturated heterocycles. The summed E-state index contributed by atoms with van der Waals surface area (Å²) >= 11 is 6.90. The molecule has 0 radical (unpaired) electrons. The summed E-state index contributed by atoms with van der Waals surface area (Å²) in [5.74, 6) is -0.443. The lowest BCUT2D eigenvalue weighted by Gasteiger charge is -2.14. The Morgan fingerprint density at radius 1 is 1.05 bits per heavy atom. The van der Waals surface area contributed by atoms with E-state index in [4.69, 9.17) is 5.73 Å². The zero-order valence-corrected chi connectivity index (χ0v) is 13.9. The Balaban J connectivity index is 2.22. The smallest absolute Gasteiger partial charge is 0.150 e. The van der Waals surface area contributed by atoms with Gasteiger partial charge in [0.1, 0.15) is 5.69 Å². The van der Waals surface area contributed by atoms with Crippen LogP contribution in [0.3, 0.4) is 0 Å². The number of pyridine rings is 1. The van der Waals surface area contributed by atoms with Crippen molar-refractivity contribution in [3.63, 3.8) is 0 Å². The highest BCUT2D eigenvalue weighted by Crippen LogP contribution is 2.37. The van der Waals surface area contributed by atoms with Gasteiger partial charge in [0.15, 0.2) is 5.82 Å². The summed E-state index contributed by atoms with van der Waals surface area (Å²) in [4.78, 5) is 4.25. The number of halogens is 3. The number of para-hydroxylation sites is 1. The van der Waals surface area contributed by atoms with Crippen molar-refractivity contribution in [3.8, 4) is 0 Å². The van der Waals surface area contributed by atoms with Crippen LogP contribution in [0.5, 0.6) is 0 Å². The number of nitrogens with zero attached hydrogens (tertiary/aromatic N) is 1. The molecule has 21 heavy (non-hydrogen) atoms. The predicted octanol–water partition coefficient (Wildman–Crippen LogP) is 5.22. The second-order valence-corrected chi connectivity index (χ2v) is 6.15. The molecule has 0 aliphatic heterocycles. The number of anilines is 3. The monoisotopic (exact) mass is 409 g/mol. The van der Waals surface area contributed by atoms with Crippen LogP contribution >= 0.6 is 31.9 Å². The molecule has 0 fully saturated rings. The highest BCUT2D eigenvalue weighted by atomic mass is 79.9. The van der Waals surface area contributed by atoms with Crippen LogP contribution in [0.15, 0.2) is 51.5 Å². The van der Waals surface area contributed by atoms with Crippen molar-refractivity contribution in [2.75, 3.05) is 11.1 Å². The van der Waals surface area contributed by atoms with Gasteiger partial charge in [-0.3, -0.25) is 4.98 Å². The number of hydrogen-bond donors (Lipinski definition) is 2. The van der Waals surface area contributed by atoms with Gasteiger partial charge in [0.25, 0.3) is 0 Å². The standard InChI is InChI=1S/C15H10Br2FN3/c16-9-4-1-5-10(17)14(9)21-15-11(18)7-12(19)8-3-2-6-20-13(8)15/h1-7,21H,19H2. The minimum absolute atomic E-state index is 0.299. The predicted molar refractivity (Wildman–Crippen MR) is 91.2 cm³/mol. The van der Waals surface area contributed by atoms with E-state index in [9.17, 15) is 4.39 Å². The fourth-order valence-corrected chi connectivity index (χ4v) is 3.29. The molecule has 0 unspecified atom stereocenters. The van der Waals surface area contributed by atoms with Crippen molar-refractivity contribution >= 4 is 59.8 Å². The summed E-state index contributed by atoms with van der Waals surface area (Å²) in [7, 11) is 0. The van der Waals surface area contributed by atoms with E-state index in [0.29, 0.717) is 22.3 Å². The molecule has 0 amide bonds. The van der Waals surface area contributed by atoms with Crippen molar-refractivity contribution in [3.05, 3.63) is 57.4 Å². The Bertz CT molecular complexity index is 816. The topological polar surface area (TPSA) is 50.9 Å². The molecule has 2 aromatic carbocycles. The molecular weight excluding hydrogens is 401 g/mol. The molecule has 1 heterocycles. The second-order valence-electron chi connectivity index (χ2n) is 4.44. The van der Waals surface area contributed by atoms with Gasteiger partial charge in [0.2, 0.25) is 0 Å². The van der Waals surface area contributed by atoms with Crippen LogP contribution in [-0.2, 0) is 0 Å². The van der Waals surface area contributed by atoms with E-state index in [-0.39, 0.29) is 0 Å². The summed E-state index contributed by atoms with van der Waals surface area (Å²) < 4.78 is 16.0. The third kappa shape index (κ3) is 2.61. The zero-order valence-electron chi connectivity index (χ0n) is 10.7. The molecule has 0 spiro atoms. The highest BCUT2D eigenvalue weighted by Gasteiger charge is 2.14. The van der Waals surface area contributed by atoms with E-state index < -0.39 is 5.82 Å². The van der Waals surface area contributed by atoms with Gasteiger partial charge >= 0.3 is 0 Å². The van der Waals surface area contributed by atoms with E-state index >= 15 is 0 Å². The highest BCUT2D eigenvalue weighted by molar-refractivity contribution is 9.11. The average molecular weight is 411 g/mol. The van der Waals surface area contributed by atoms with E-state index in [2.05, 4.69) is 42.2 Å². The van der Waals surface area contributed by atoms with Gasteiger partial charge < -0.3 is 11.1 Å². The lowest BCUT2D eigenvalue weighted by molar-refractivity contribution is 0.634. The van der Waals surface area contributed by atoms with Crippen LogP contribution in [0.2, 0.25) is 0 Å². The van der Waals surface area contributed by atoms with Gasteiger partial charge in [-0.2, -0.15) is 0 Å². The summed E-state index contributed by atoms with van der Waals surface area (Å²) in [6.45, 7) is 0. The van der Waals surface area contributed by atoms with Crippen LogP contribution in [0.25, 0.3) is 10.9 Å². The van der Waals surface area contributed by atoms with Gasteiger partial charge in [-0.25, -0.2) is 4.39 Å². The molecule has 0 atom stereocenters. The fraction of sp³-hybridized carbons (Fsp3) is 0. The maximum Gasteiger partial charge on any atom is 0.150 e. The second kappa shape index (κ2) is 5.61. The molecule has 1 aromatic heterocycles. The minimum atomic E-state index is -0.443. The number of benzene rings is 2. The van der Waals surface area contributed by atoms with Gasteiger partial charge in [0, 0.05) is 26.2 Å². The Hall–Kier alpha value is -1.66. The third-order valence-corrected chi connectivity index (χ3v) is 4.41. The van der Waals surface area contributed by atoms with Crippen molar-refractivity contribution in [2.45, 2.75) is 0 Å². The maximum absolute atomic E-state index is 14.3. The normalized spacial score (nSPS) is 10.8. The van der Waals surface area contributed by atoms with E-state index in [0.717, 1.165) is 14.6 Å². The third-order valence-electron chi connectivity index (χ3n) is 3.09. The quantitative estimate of drug-likeness (QED) is 0.569. The molecule has 0 aliphatic carbocycles. The number of hydrogen-bond acceptors (Lipinski definition) is 3. The molecule has 0 aliphatic rings. The Morgan fingerprint density at radius 2 is 1.76 bits per heavy atom. The van der Waals surface area contributed by atoms with Crippen molar-refractivity contribution in [2.24, 2.45) is 0 Å². The van der Waals surface area contributed by atoms with Gasteiger partial charge in [-0.1, -0.05) is 6.07 Å². The Morgan fingerprint density at radius 3 is 2.48 bits per heavy atom. The molecule has 6 heteroatoms. The van der Waals surface area contributed by atoms with Crippen LogP contribution in [0.1, 0.15) is 0 Å². The fourth-order valence-electron chi connectivity index (χ4n) is 2.10.